The monoisotopic (exact) mass is 627 g/mol. The van der Waals surface area contributed by atoms with Gasteiger partial charge in [-0.3, -0.25) is 0 Å². The lowest BCUT2D eigenvalue weighted by molar-refractivity contribution is 0.0528. The van der Waals surface area contributed by atoms with Crippen LogP contribution < -0.4 is 20.1 Å². The Balaban J connectivity index is 2.17. The van der Waals surface area contributed by atoms with Crippen LogP contribution in [0.15, 0.2) is 36.4 Å². The standard InChI is InChI=1S/C34H50FN3O5Si/c1-11-13-18-34(6,22-43-44(9,10)33(3,4)5)38-30-26-17-15-24(35)19-27(26)37-31(29(30)32(39)42-12-2)36-21-23-14-16-25(40-7)20-28(23)41-8/h14-17,19-20H,11-13,18,21-22H2,1-10H3,(H2,36,37,38)/t34-/m1/s1. The van der Waals surface area contributed by atoms with Crippen LogP contribution in [0.2, 0.25) is 18.1 Å². The number of carbonyl (C=O) groups is 1. The quantitative estimate of drug-likeness (QED) is 0.128. The number of aromatic nitrogens is 1. The third-order valence-electron chi connectivity index (χ3n) is 8.43. The molecule has 0 saturated carbocycles. The number of fused-ring (bicyclic) bond motifs is 1. The van der Waals surface area contributed by atoms with Crippen molar-refractivity contribution in [3.63, 3.8) is 0 Å². The van der Waals surface area contributed by atoms with Crippen molar-refractivity contribution in [2.75, 3.05) is 38.1 Å². The van der Waals surface area contributed by atoms with Crippen LogP contribution in [0.1, 0.15) is 76.7 Å². The minimum absolute atomic E-state index is 0.0370. The van der Waals surface area contributed by atoms with Crippen molar-refractivity contribution in [2.24, 2.45) is 0 Å². The first-order valence-electron chi connectivity index (χ1n) is 15.4. The van der Waals surface area contributed by atoms with Crippen LogP contribution in [-0.4, -0.2) is 52.2 Å². The van der Waals surface area contributed by atoms with Crippen LogP contribution >= 0.6 is 0 Å². The van der Waals surface area contributed by atoms with E-state index >= 15 is 0 Å². The van der Waals surface area contributed by atoms with Gasteiger partial charge in [-0.2, -0.15) is 0 Å². The van der Waals surface area contributed by atoms with E-state index in [1.54, 1.807) is 33.3 Å². The number of rotatable bonds is 15. The first-order valence-corrected chi connectivity index (χ1v) is 18.3. The maximum absolute atomic E-state index is 14.6. The molecule has 1 aromatic heterocycles. The van der Waals surface area contributed by atoms with E-state index in [0.29, 0.717) is 34.7 Å². The number of unbranched alkanes of at least 4 members (excludes halogenated alkanes) is 1. The third kappa shape index (κ3) is 8.41. The summed E-state index contributed by atoms with van der Waals surface area (Å²) in [7, 11) is 1.10. The van der Waals surface area contributed by atoms with Crippen LogP contribution in [0.25, 0.3) is 10.9 Å². The summed E-state index contributed by atoms with van der Waals surface area (Å²) in [5, 5.41) is 7.69. The van der Waals surface area contributed by atoms with Crippen molar-refractivity contribution in [3.8, 4) is 11.5 Å². The molecule has 0 saturated heterocycles. The number of pyridine rings is 1. The predicted molar refractivity (Wildman–Crippen MR) is 179 cm³/mol. The summed E-state index contributed by atoms with van der Waals surface area (Å²) < 4.78 is 37.8. The maximum Gasteiger partial charge on any atom is 0.344 e. The van der Waals surface area contributed by atoms with Gasteiger partial charge in [0.1, 0.15) is 28.7 Å². The fourth-order valence-corrected chi connectivity index (χ4v) is 5.78. The lowest BCUT2D eigenvalue weighted by atomic mass is 9.94. The molecule has 1 atom stereocenters. The van der Waals surface area contributed by atoms with Gasteiger partial charge in [0.05, 0.1) is 44.2 Å². The van der Waals surface area contributed by atoms with E-state index < -0.39 is 25.6 Å². The molecule has 1 heterocycles. The Morgan fingerprint density at radius 1 is 1.02 bits per heavy atom. The predicted octanol–water partition coefficient (Wildman–Crippen LogP) is 8.56. The zero-order valence-corrected chi connectivity index (χ0v) is 29.1. The molecule has 0 aliphatic carbocycles. The summed E-state index contributed by atoms with van der Waals surface area (Å²) in [6.45, 7) is 18.1. The Bertz CT molecular complexity index is 1440. The molecule has 3 rings (SSSR count). The zero-order valence-electron chi connectivity index (χ0n) is 28.1. The number of benzene rings is 2. The zero-order chi connectivity index (χ0) is 32.7. The number of methoxy groups -OCH3 is 2. The second kappa shape index (κ2) is 14.6. The number of hydrogen-bond acceptors (Lipinski definition) is 8. The van der Waals surface area contributed by atoms with E-state index in [1.807, 2.05) is 12.1 Å². The summed E-state index contributed by atoms with van der Waals surface area (Å²) in [5.74, 6) is 0.619. The van der Waals surface area contributed by atoms with Crippen molar-refractivity contribution in [2.45, 2.75) is 91.0 Å². The van der Waals surface area contributed by atoms with E-state index in [4.69, 9.17) is 23.6 Å². The minimum atomic E-state index is -2.08. The molecular formula is C34H50FN3O5Si. The Morgan fingerprint density at radius 2 is 1.75 bits per heavy atom. The van der Waals surface area contributed by atoms with Crippen molar-refractivity contribution >= 4 is 36.7 Å². The van der Waals surface area contributed by atoms with Gasteiger partial charge in [-0.25, -0.2) is 14.2 Å². The van der Waals surface area contributed by atoms with Crippen molar-refractivity contribution < 1.29 is 27.8 Å². The van der Waals surface area contributed by atoms with E-state index in [9.17, 15) is 9.18 Å². The maximum atomic E-state index is 14.6. The minimum Gasteiger partial charge on any atom is -0.497 e. The summed E-state index contributed by atoms with van der Waals surface area (Å²) in [6.07, 6.45) is 2.76. The van der Waals surface area contributed by atoms with Gasteiger partial charge in [-0.15, -0.1) is 0 Å². The van der Waals surface area contributed by atoms with Gasteiger partial charge in [0.25, 0.3) is 0 Å². The molecule has 0 unspecified atom stereocenters. The highest BCUT2D eigenvalue weighted by Crippen LogP contribution is 2.40. The second-order valence-electron chi connectivity index (χ2n) is 13.0. The molecule has 8 nitrogen and oxygen atoms in total. The molecule has 0 radical (unpaired) electrons. The first kappa shape index (κ1) is 35.1. The molecule has 0 aliphatic rings. The SMILES string of the molecule is CCCC[C@](C)(CO[Si](C)(C)C(C)(C)C)Nc1c(C(=O)OCC)c(NCc2ccc(OC)cc2OC)nc2cc(F)ccc12. The van der Waals surface area contributed by atoms with Crippen LogP contribution in [0.5, 0.6) is 11.5 Å². The number of nitrogens with one attached hydrogen (secondary N) is 2. The fraction of sp³-hybridized carbons (Fsp3) is 0.529. The normalized spacial score (nSPS) is 13.3. The fourth-order valence-electron chi connectivity index (χ4n) is 4.67. The molecule has 3 aromatic rings. The average molecular weight is 628 g/mol. The number of nitrogens with zero attached hydrogens (tertiary/aromatic N) is 1. The van der Waals surface area contributed by atoms with Crippen LogP contribution in [0.3, 0.4) is 0 Å². The number of halogens is 1. The summed E-state index contributed by atoms with van der Waals surface area (Å²) in [4.78, 5) is 18.4. The Morgan fingerprint density at radius 3 is 2.36 bits per heavy atom. The Hall–Kier alpha value is -3.37. The topological polar surface area (TPSA) is 90.9 Å². The number of carbonyl (C=O) groups excluding carboxylic acids is 1. The summed E-state index contributed by atoms with van der Waals surface area (Å²) >= 11 is 0. The van der Waals surface area contributed by atoms with E-state index in [1.165, 1.54) is 12.1 Å². The first-order chi connectivity index (χ1) is 20.7. The van der Waals surface area contributed by atoms with E-state index in [-0.39, 0.29) is 29.6 Å². The molecule has 2 aromatic carbocycles. The number of hydrogen-bond donors (Lipinski definition) is 2. The highest BCUT2D eigenvalue weighted by atomic mass is 28.4. The highest BCUT2D eigenvalue weighted by molar-refractivity contribution is 6.74. The lowest BCUT2D eigenvalue weighted by Crippen LogP contribution is -2.48. The molecule has 44 heavy (non-hydrogen) atoms. The smallest absolute Gasteiger partial charge is 0.344 e. The molecule has 0 spiro atoms. The molecule has 0 fully saturated rings. The van der Waals surface area contributed by atoms with Crippen LogP contribution in [0.4, 0.5) is 15.9 Å². The largest absolute Gasteiger partial charge is 0.497 e. The van der Waals surface area contributed by atoms with Crippen molar-refractivity contribution in [3.05, 3.63) is 53.3 Å². The molecule has 0 bridgehead atoms. The van der Waals surface area contributed by atoms with E-state index in [0.717, 1.165) is 24.8 Å². The van der Waals surface area contributed by atoms with Gasteiger partial charge in [-0.05, 0) is 62.7 Å². The van der Waals surface area contributed by atoms with Crippen molar-refractivity contribution in [1.29, 1.82) is 0 Å². The molecular weight excluding hydrogens is 577 g/mol. The third-order valence-corrected chi connectivity index (χ3v) is 12.9. The lowest BCUT2D eigenvalue weighted by Gasteiger charge is -2.41. The van der Waals surface area contributed by atoms with Gasteiger partial charge in [0, 0.05) is 29.6 Å². The van der Waals surface area contributed by atoms with E-state index in [2.05, 4.69) is 58.3 Å². The summed E-state index contributed by atoms with van der Waals surface area (Å²) in [6, 6.07) is 9.94. The number of ether oxygens (including phenoxy) is 3. The van der Waals surface area contributed by atoms with Gasteiger partial charge >= 0.3 is 5.97 Å². The van der Waals surface area contributed by atoms with Crippen LogP contribution in [-0.2, 0) is 15.7 Å². The van der Waals surface area contributed by atoms with Gasteiger partial charge in [-0.1, -0.05) is 40.5 Å². The summed E-state index contributed by atoms with van der Waals surface area (Å²) in [5.41, 5.74) is 1.50. The number of esters is 1. The molecule has 242 valence electrons. The van der Waals surface area contributed by atoms with Crippen molar-refractivity contribution in [1.82, 2.24) is 4.98 Å². The Labute approximate surface area is 263 Å². The van der Waals surface area contributed by atoms with Gasteiger partial charge in [0.2, 0.25) is 0 Å². The average Bonchev–Trinajstić information content (AvgIpc) is 2.97. The molecule has 10 heteroatoms. The van der Waals surface area contributed by atoms with Gasteiger partial charge < -0.3 is 29.3 Å². The highest BCUT2D eigenvalue weighted by Gasteiger charge is 2.40. The number of anilines is 2. The Kier molecular flexibility index (Phi) is 11.7. The molecule has 2 N–H and O–H groups in total. The second-order valence-corrected chi connectivity index (χ2v) is 17.8. The van der Waals surface area contributed by atoms with Gasteiger partial charge in [0.15, 0.2) is 8.32 Å². The molecule has 0 amide bonds. The molecule has 0 aliphatic heterocycles. The van der Waals surface area contributed by atoms with Crippen LogP contribution in [0, 0.1) is 5.82 Å².